The van der Waals surface area contributed by atoms with E-state index in [4.69, 9.17) is 10.2 Å². The molecule has 2 aromatic rings. The monoisotopic (exact) mass is 215 g/mol. The summed E-state index contributed by atoms with van der Waals surface area (Å²) in [5.74, 6) is 0. The Morgan fingerprint density at radius 3 is 2.75 bits per heavy atom. The Balaban J connectivity index is 2.09. The van der Waals surface area contributed by atoms with Gasteiger partial charge in [-0.05, 0) is 36.6 Å². The third-order valence-corrected chi connectivity index (χ3v) is 4.02. The first kappa shape index (κ1) is 9.91. The molecule has 1 aromatic heterocycles. The van der Waals surface area contributed by atoms with E-state index in [2.05, 4.69) is 18.2 Å². The van der Waals surface area contributed by atoms with Crippen molar-refractivity contribution in [3.63, 3.8) is 0 Å². The molecule has 1 fully saturated rings. The molecule has 1 heterocycles. The average molecular weight is 215 g/mol. The van der Waals surface area contributed by atoms with E-state index in [0.29, 0.717) is 0 Å². The van der Waals surface area contributed by atoms with Crippen LogP contribution >= 0.6 is 0 Å². The maximum atomic E-state index is 6.00. The lowest BCUT2D eigenvalue weighted by atomic mass is 9.79. The Labute approximate surface area is 95.4 Å². The molecule has 0 radical (unpaired) electrons. The number of rotatable bonds is 2. The van der Waals surface area contributed by atoms with Crippen LogP contribution in [0.5, 0.6) is 0 Å². The maximum Gasteiger partial charge on any atom is 0.133 e. The Kier molecular flexibility index (Phi) is 2.25. The molecule has 84 valence electrons. The molecule has 1 aliphatic carbocycles. The van der Waals surface area contributed by atoms with Gasteiger partial charge in [0.05, 0.1) is 6.26 Å². The second-order valence-corrected chi connectivity index (χ2v) is 4.86. The zero-order valence-electron chi connectivity index (χ0n) is 9.41. The van der Waals surface area contributed by atoms with Crippen molar-refractivity contribution in [3.8, 4) is 0 Å². The molecule has 1 aliphatic rings. The minimum absolute atomic E-state index is 0.228. The zero-order chi connectivity index (χ0) is 11.0. The van der Waals surface area contributed by atoms with Gasteiger partial charge >= 0.3 is 0 Å². The van der Waals surface area contributed by atoms with Gasteiger partial charge < -0.3 is 10.2 Å². The van der Waals surface area contributed by atoms with Gasteiger partial charge in [-0.15, -0.1) is 0 Å². The molecule has 0 atom stereocenters. The summed E-state index contributed by atoms with van der Waals surface area (Å²) in [5.41, 5.74) is 8.58. The van der Waals surface area contributed by atoms with Crippen molar-refractivity contribution in [2.24, 2.45) is 5.73 Å². The van der Waals surface area contributed by atoms with E-state index < -0.39 is 0 Å². The summed E-state index contributed by atoms with van der Waals surface area (Å²) in [7, 11) is 0. The Hall–Kier alpha value is -1.28. The highest BCUT2D eigenvalue weighted by molar-refractivity contribution is 5.78. The van der Waals surface area contributed by atoms with Gasteiger partial charge in [-0.25, -0.2) is 0 Å². The summed E-state index contributed by atoms with van der Waals surface area (Å²) in [6, 6.07) is 8.53. The molecule has 0 spiro atoms. The summed E-state index contributed by atoms with van der Waals surface area (Å²) in [6.45, 7) is 0.760. The molecule has 1 aromatic carbocycles. The third-order valence-electron chi connectivity index (χ3n) is 4.02. The predicted octanol–water partition coefficient (Wildman–Crippen LogP) is 3.20. The van der Waals surface area contributed by atoms with Crippen molar-refractivity contribution in [1.29, 1.82) is 0 Å². The van der Waals surface area contributed by atoms with E-state index in [-0.39, 0.29) is 5.41 Å². The lowest BCUT2D eigenvalue weighted by molar-refractivity contribution is 0.453. The minimum Gasteiger partial charge on any atom is -0.464 e. The number of hydrogen-bond acceptors (Lipinski definition) is 2. The SMILES string of the molecule is NCC1(c2ccc3occc3c2)CCCC1. The fraction of sp³-hybridized carbons (Fsp3) is 0.429. The van der Waals surface area contributed by atoms with Gasteiger partial charge in [-0.3, -0.25) is 0 Å². The zero-order valence-corrected chi connectivity index (χ0v) is 9.41. The van der Waals surface area contributed by atoms with Crippen LogP contribution in [0, 0.1) is 0 Å². The van der Waals surface area contributed by atoms with Crippen molar-refractivity contribution in [2.45, 2.75) is 31.1 Å². The van der Waals surface area contributed by atoms with E-state index >= 15 is 0 Å². The number of fused-ring (bicyclic) bond motifs is 1. The second-order valence-electron chi connectivity index (χ2n) is 4.86. The van der Waals surface area contributed by atoms with Gasteiger partial charge in [0.2, 0.25) is 0 Å². The van der Waals surface area contributed by atoms with Crippen LogP contribution in [0.15, 0.2) is 34.9 Å². The predicted molar refractivity (Wildman–Crippen MR) is 65.4 cm³/mol. The highest BCUT2D eigenvalue weighted by atomic mass is 16.3. The fourth-order valence-corrected chi connectivity index (χ4v) is 2.96. The van der Waals surface area contributed by atoms with E-state index in [1.54, 1.807) is 6.26 Å². The van der Waals surface area contributed by atoms with Gasteiger partial charge in [-0.2, -0.15) is 0 Å². The molecule has 0 bridgehead atoms. The maximum absolute atomic E-state index is 6.00. The molecular weight excluding hydrogens is 198 g/mol. The van der Waals surface area contributed by atoms with Crippen molar-refractivity contribution < 1.29 is 4.42 Å². The molecule has 1 saturated carbocycles. The molecule has 0 unspecified atom stereocenters. The highest BCUT2D eigenvalue weighted by Gasteiger charge is 2.34. The normalized spacial score (nSPS) is 19.3. The summed E-state index contributed by atoms with van der Waals surface area (Å²) in [5, 5.41) is 1.19. The summed E-state index contributed by atoms with van der Waals surface area (Å²) in [6.07, 6.45) is 6.82. The van der Waals surface area contributed by atoms with E-state index in [1.165, 1.54) is 36.6 Å². The number of benzene rings is 1. The van der Waals surface area contributed by atoms with Gasteiger partial charge in [-0.1, -0.05) is 18.9 Å². The number of hydrogen-bond donors (Lipinski definition) is 1. The molecular formula is C14H17NO. The first-order valence-corrected chi connectivity index (χ1v) is 6.02. The van der Waals surface area contributed by atoms with Crippen molar-refractivity contribution >= 4 is 11.0 Å². The first-order valence-electron chi connectivity index (χ1n) is 6.02. The summed E-state index contributed by atoms with van der Waals surface area (Å²) >= 11 is 0. The van der Waals surface area contributed by atoms with Gasteiger partial charge in [0.25, 0.3) is 0 Å². The minimum atomic E-state index is 0.228. The summed E-state index contributed by atoms with van der Waals surface area (Å²) in [4.78, 5) is 0. The second kappa shape index (κ2) is 3.63. The molecule has 2 nitrogen and oxygen atoms in total. The Bertz CT molecular complexity index is 494. The van der Waals surface area contributed by atoms with Gasteiger partial charge in [0.1, 0.15) is 5.58 Å². The largest absolute Gasteiger partial charge is 0.464 e. The molecule has 0 aliphatic heterocycles. The topological polar surface area (TPSA) is 39.2 Å². The quantitative estimate of drug-likeness (QED) is 0.835. The van der Waals surface area contributed by atoms with Crippen LogP contribution in [0.2, 0.25) is 0 Å². The van der Waals surface area contributed by atoms with Crippen molar-refractivity contribution in [3.05, 3.63) is 36.1 Å². The van der Waals surface area contributed by atoms with Gasteiger partial charge in [0, 0.05) is 17.3 Å². The van der Waals surface area contributed by atoms with Crippen LogP contribution in [-0.2, 0) is 5.41 Å². The lowest BCUT2D eigenvalue weighted by Gasteiger charge is -2.27. The molecule has 0 saturated heterocycles. The van der Waals surface area contributed by atoms with Crippen LogP contribution in [0.1, 0.15) is 31.2 Å². The Morgan fingerprint density at radius 2 is 2.00 bits per heavy atom. The van der Waals surface area contributed by atoms with Crippen molar-refractivity contribution in [2.75, 3.05) is 6.54 Å². The first-order chi connectivity index (χ1) is 7.84. The van der Waals surface area contributed by atoms with Crippen molar-refractivity contribution in [1.82, 2.24) is 0 Å². The lowest BCUT2D eigenvalue weighted by Crippen LogP contribution is -2.31. The van der Waals surface area contributed by atoms with E-state index in [0.717, 1.165) is 12.1 Å². The molecule has 0 amide bonds. The fourth-order valence-electron chi connectivity index (χ4n) is 2.96. The van der Waals surface area contributed by atoms with Crippen LogP contribution in [0.25, 0.3) is 11.0 Å². The summed E-state index contributed by atoms with van der Waals surface area (Å²) < 4.78 is 5.37. The van der Waals surface area contributed by atoms with E-state index in [1.807, 2.05) is 6.07 Å². The van der Waals surface area contributed by atoms with Crippen LogP contribution in [0.4, 0.5) is 0 Å². The third kappa shape index (κ3) is 1.37. The van der Waals surface area contributed by atoms with Gasteiger partial charge in [0.15, 0.2) is 0 Å². The number of furan rings is 1. The van der Waals surface area contributed by atoms with Crippen LogP contribution in [0.3, 0.4) is 0 Å². The highest BCUT2D eigenvalue weighted by Crippen LogP contribution is 2.41. The molecule has 3 rings (SSSR count). The average Bonchev–Trinajstić information content (AvgIpc) is 2.97. The van der Waals surface area contributed by atoms with Crippen LogP contribution < -0.4 is 5.73 Å². The van der Waals surface area contributed by atoms with E-state index in [9.17, 15) is 0 Å². The smallest absolute Gasteiger partial charge is 0.133 e. The number of nitrogens with two attached hydrogens (primary N) is 1. The standard InChI is InChI=1S/C14H17NO/c15-10-14(6-1-2-7-14)12-3-4-13-11(9-12)5-8-16-13/h3-5,8-9H,1-2,6-7,10,15H2. The van der Waals surface area contributed by atoms with Crippen LogP contribution in [-0.4, -0.2) is 6.54 Å². The molecule has 16 heavy (non-hydrogen) atoms. The molecule has 2 N–H and O–H groups in total. The molecule has 2 heteroatoms. The Morgan fingerprint density at radius 1 is 1.19 bits per heavy atom.